The molecule has 0 unspecified atom stereocenters. The van der Waals surface area contributed by atoms with Gasteiger partial charge in [-0.1, -0.05) is 13.8 Å². The number of guanidine groups is 1. The molecule has 0 bridgehead atoms. The summed E-state index contributed by atoms with van der Waals surface area (Å²) in [6.45, 7) is 11.7. The smallest absolute Gasteiger partial charge is 0.283 e. The topological polar surface area (TPSA) is 64.6 Å². The molecule has 3 rings (SSSR count). The highest BCUT2D eigenvalue weighted by Gasteiger charge is 2.44. The van der Waals surface area contributed by atoms with E-state index in [4.69, 9.17) is 4.99 Å². The van der Waals surface area contributed by atoms with Gasteiger partial charge in [-0.15, -0.1) is 0 Å². The third-order valence-electron chi connectivity index (χ3n) is 3.50. The molecule has 3 heterocycles. The second-order valence-electron chi connectivity index (χ2n) is 6.64. The molecule has 2 aliphatic heterocycles. The quantitative estimate of drug-likeness (QED) is 0.895. The van der Waals surface area contributed by atoms with Crippen LogP contribution in [0.5, 0.6) is 0 Å². The van der Waals surface area contributed by atoms with Gasteiger partial charge in [-0.3, -0.25) is 14.6 Å². The Labute approximate surface area is 118 Å². The van der Waals surface area contributed by atoms with Crippen LogP contribution in [0.3, 0.4) is 0 Å². The van der Waals surface area contributed by atoms with Crippen molar-refractivity contribution >= 4 is 17.7 Å². The Morgan fingerprint density at radius 3 is 2.75 bits per heavy atom. The van der Waals surface area contributed by atoms with Crippen molar-refractivity contribution in [3.05, 3.63) is 11.5 Å². The minimum Gasteiger partial charge on any atom is -0.328 e. The maximum Gasteiger partial charge on any atom is 0.283 e. The average Bonchev–Trinajstić information content (AvgIpc) is 2.84. The van der Waals surface area contributed by atoms with Crippen LogP contribution in [0.4, 0.5) is 5.82 Å². The van der Waals surface area contributed by atoms with Crippen molar-refractivity contribution in [3.8, 4) is 0 Å². The molecule has 20 heavy (non-hydrogen) atoms. The molecule has 1 amide bonds. The number of aryl methyl sites for hydroxylation is 1. The molecule has 0 radical (unpaired) electrons. The average molecular weight is 275 g/mol. The number of rotatable bonds is 2. The van der Waals surface area contributed by atoms with Crippen LogP contribution in [0.25, 0.3) is 0 Å². The van der Waals surface area contributed by atoms with Crippen LogP contribution < -0.4 is 4.90 Å². The number of anilines is 1. The van der Waals surface area contributed by atoms with Crippen molar-refractivity contribution in [3.63, 3.8) is 0 Å². The number of amides is 1. The number of carbonyl (C=O) groups is 1. The first-order valence-electron chi connectivity index (χ1n) is 7.04. The molecule has 1 N–H and O–H groups in total. The zero-order valence-corrected chi connectivity index (χ0v) is 12.7. The molecule has 0 saturated carbocycles. The van der Waals surface area contributed by atoms with E-state index in [0.717, 1.165) is 24.1 Å². The van der Waals surface area contributed by atoms with E-state index in [1.165, 1.54) is 0 Å². The summed E-state index contributed by atoms with van der Waals surface area (Å²) < 4.78 is 0. The predicted octanol–water partition coefficient (Wildman–Crippen LogP) is 1.78. The van der Waals surface area contributed by atoms with Crippen LogP contribution in [0, 0.1) is 12.8 Å². The lowest BCUT2D eigenvalue weighted by atomic mass is 10.1. The Morgan fingerprint density at radius 2 is 2.10 bits per heavy atom. The Balaban J connectivity index is 2.12. The monoisotopic (exact) mass is 275 g/mol. The van der Waals surface area contributed by atoms with Gasteiger partial charge in [-0.2, -0.15) is 0 Å². The first kappa shape index (κ1) is 13.1. The Bertz CT molecular complexity index is 599. The van der Waals surface area contributed by atoms with E-state index >= 15 is 0 Å². The largest absolute Gasteiger partial charge is 0.328 e. The zero-order valence-electron chi connectivity index (χ0n) is 12.7. The van der Waals surface area contributed by atoms with Crippen molar-refractivity contribution in [2.24, 2.45) is 10.9 Å². The number of aromatic amines is 1. The number of nitrogens with zero attached hydrogens (tertiary/aromatic N) is 4. The second kappa shape index (κ2) is 4.07. The fourth-order valence-corrected chi connectivity index (χ4v) is 2.78. The van der Waals surface area contributed by atoms with Gasteiger partial charge in [0.05, 0.1) is 12.1 Å². The molecule has 0 fully saturated rings. The van der Waals surface area contributed by atoms with E-state index in [0.29, 0.717) is 18.2 Å². The van der Waals surface area contributed by atoms with E-state index < -0.39 is 0 Å². The molecule has 2 aliphatic rings. The van der Waals surface area contributed by atoms with Crippen LogP contribution >= 0.6 is 0 Å². The highest BCUT2D eigenvalue weighted by molar-refractivity contribution is 6.18. The van der Waals surface area contributed by atoms with Gasteiger partial charge in [0.2, 0.25) is 5.96 Å². The number of aliphatic imine (C=N–C) groups is 1. The molecular weight excluding hydrogens is 254 g/mol. The zero-order chi connectivity index (χ0) is 14.7. The summed E-state index contributed by atoms with van der Waals surface area (Å²) in [5.74, 6) is 2.72. The number of imidazole rings is 1. The molecule has 1 aromatic rings. The van der Waals surface area contributed by atoms with Crippen molar-refractivity contribution in [2.45, 2.75) is 40.2 Å². The van der Waals surface area contributed by atoms with Crippen LogP contribution in [-0.2, 0) is 0 Å². The SMILES string of the molecule is Cc1nc2c([nH]1)N(CC(C)C)C1=NC(C)(C)CN1C2=O. The Kier molecular flexibility index (Phi) is 2.68. The number of carbonyl (C=O) groups excluding carboxylic acids is 1. The molecule has 0 saturated heterocycles. The van der Waals surface area contributed by atoms with Crippen molar-refractivity contribution in [2.75, 3.05) is 18.0 Å². The first-order chi connectivity index (χ1) is 9.28. The standard InChI is InChI=1S/C14H21N5O/c1-8(2)6-18-11-10(15-9(3)16-11)12(20)19-7-14(4,5)17-13(18)19/h8H,6-7H2,1-5H3,(H,15,16). The van der Waals surface area contributed by atoms with Gasteiger partial charge < -0.3 is 4.98 Å². The summed E-state index contributed by atoms with van der Waals surface area (Å²) in [7, 11) is 0. The number of nitrogens with one attached hydrogen (secondary N) is 1. The third-order valence-corrected chi connectivity index (χ3v) is 3.50. The molecule has 0 atom stereocenters. The second-order valence-corrected chi connectivity index (χ2v) is 6.64. The molecule has 6 nitrogen and oxygen atoms in total. The van der Waals surface area contributed by atoms with E-state index in [1.807, 2.05) is 20.8 Å². The summed E-state index contributed by atoms with van der Waals surface area (Å²) in [5, 5.41) is 0. The number of H-pyrrole nitrogens is 1. The van der Waals surface area contributed by atoms with E-state index in [1.54, 1.807) is 4.90 Å². The normalized spacial score (nSPS) is 20.3. The molecule has 0 spiro atoms. The molecule has 0 aliphatic carbocycles. The fourth-order valence-electron chi connectivity index (χ4n) is 2.78. The van der Waals surface area contributed by atoms with E-state index in [-0.39, 0.29) is 11.4 Å². The molecule has 0 aromatic carbocycles. The van der Waals surface area contributed by atoms with Crippen LogP contribution in [0.1, 0.15) is 44.0 Å². The lowest BCUT2D eigenvalue weighted by Crippen LogP contribution is -2.51. The predicted molar refractivity (Wildman–Crippen MR) is 78.1 cm³/mol. The summed E-state index contributed by atoms with van der Waals surface area (Å²) in [5.41, 5.74) is 0.276. The van der Waals surface area contributed by atoms with Gasteiger partial charge in [0.25, 0.3) is 5.91 Å². The van der Waals surface area contributed by atoms with Gasteiger partial charge in [0.15, 0.2) is 5.69 Å². The van der Waals surface area contributed by atoms with Crippen LogP contribution in [-0.4, -0.2) is 45.4 Å². The Morgan fingerprint density at radius 1 is 1.40 bits per heavy atom. The minimum atomic E-state index is -0.237. The molecule has 6 heteroatoms. The van der Waals surface area contributed by atoms with E-state index in [2.05, 4.69) is 28.7 Å². The van der Waals surface area contributed by atoms with E-state index in [9.17, 15) is 4.79 Å². The molecule has 1 aromatic heterocycles. The summed E-state index contributed by atoms with van der Waals surface area (Å²) in [6, 6.07) is 0. The van der Waals surface area contributed by atoms with Gasteiger partial charge in [0, 0.05) is 6.54 Å². The van der Waals surface area contributed by atoms with Crippen molar-refractivity contribution in [1.82, 2.24) is 14.9 Å². The highest BCUT2D eigenvalue weighted by Crippen LogP contribution is 2.33. The third kappa shape index (κ3) is 1.90. The van der Waals surface area contributed by atoms with Crippen molar-refractivity contribution < 1.29 is 4.79 Å². The number of hydrogen-bond acceptors (Lipinski definition) is 4. The van der Waals surface area contributed by atoms with Crippen molar-refractivity contribution in [1.29, 1.82) is 0 Å². The van der Waals surface area contributed by atoms with Gasteiger partial charge in [0.1, 0.15) is 11.6 Å². The first-order valence-corrected chi connectivity index (χ1v) is 7.04. The molecular formula is C14H21N5O. The lowest BCUT2D eigenvalue weighted by Gasteiger charge is -2.34. The highest BCUT2D eigenvalue weighted by atomic mass is 16.2. The molecule has 108 valence electrons. The van der Waals surface area contributed by atoms with Crippen LogP contribution in [0.2, 0.25) is 0 Å². The number of aromatic nitrogens is 2. The lowest BCUT2D eigenvalue weighted by molar-refractivity contribution is 0.0833. The maximum atomic E-state index is 12.6. The van der Waals surface area contributed by atoms with Crippen LogP contribution in [0.15, 0.2) is 4.99 Å². The van der Waals surface area contributed by atoms with Gasteiger partial charge in [-0.25, -0.2) is 9.98 Å². The minimum absolute atomic E-state index is 0.0475. The Hall–Kier alpha value is -1.85. The van der Waals surface area contributed by atoms with Gasteiger partial charge >= 0.3 is 0 Å². The number of fused-ring (bicyclic) bond motifs is 2. The van der Waals surface area contributed by atoms with Gasteiger partial charge in [-0.05, 0) is 26.7 Å². The summed E-state index contributed by atoms with van der Waals surface area (Å²) in [6.07, 6.45) is 0. The summed E-state index contributed by atoms with van der Waals surface area (Å²) >= 11 is 0. The fraction of sp³-hybridized carbons (Fsp3) is 0.643. The maximum absolute atomic E-state index is 12.6. The number of hydrogen-bond donors (Lipinski definition) is 1. The summed E-state index contributed by atoms with van der Waals surface area (Å²) in [4.78, 5) is 28.7.